The third kappa shape index (κ3) is 1.66. The van der Waals surface area contributed by atoms with Crippen LogP contribution in [0, 0.1) is 0 Å². The van der Waals surface area contributed by atoms with Crippen molar-refractivity contribution in [1.29, 1.82) is 0 Å². The number of rotatable bonds is 1. The van der Waals surface area contributed by atoms with Crippen LogP contribution >= 0.6 is 11.6 Å². The van der Waals surface area contributed by atoms with E-state index in [1.54, 1.807) is 6.20 Å². The van der Waals surface area contributed by atoms with Gasteiger partial charge in [0.1, 0.15) is 0 Å². The minimum Gasteiger partial charge on any atom is -0.281 e. The minimum absolute atomic E-state index is 0.653. The van der Waals surface area contributed by atoms with E-state index >= 15 is 0 Å². The SMILES string of the molecule is Clc1ccc2nnc(-c3cccc4cnccc34)n2c1. The molecule has 4 nitrogen and oxygen atoms in total. The summed E-state index contributed by atoms with van der Waals surface area (Å²) < 4.78 is 1.90. The summed E-state index contributed by atoms with van der Waals surface area (Å²) in [5.41, 5.74) is 1.79. The molecule has 0 atom stereocenters. The summed E-state index contributed by atoms with van der Waals surface area (Å²) in [5, 5.41) is 11.3. The Balaban J connectivity index is 2.09. The summed E-state index contributed by atoms with van der Waals surface area (Å²) in [6, 6.07) is 11.7. The summed E-state index contributed by atoms with van der Waals surface area (Å²) in [5.74, 6) is 0.777. The highest BCUT2D eigenvalue weighted by Gasteiger charge is 2.11. The molecule has 3 heterocycles. The summed E-state index contributed by atoms with van der Waals surface area (Å²) in [6.45, 7) is 0. The highest BCUT2D eigenvalue weighted by Crippen LogP contribution is 2.27. The molecule has 0 amide bonds. The van der Waals surface area contributed by atoms with Crippen LogP contribution in [-0.4, -0.2) is 19.6 Å². The van der Waals surface area contributed by atoms with E-state index < -0.39 is 0 Å². The first-order chi connectivity index (χ1) is 9.83. The molecule has 0 bridgehead atoms. The summed E-state index contributed by atoms with van der Waals surface area (Å²) in [7, 11) is 0. The smallest absolute Gasteiger partial charge is 0.169 e. The Hall–Kier alpha value is -2.46. The third-order valence-electron chi connectivity index (χ3n) is 3.29. The number of aromatic nitrogens is 4. The second-order valence-corrected chi connectivity index (χ2v) is 4.94. The van der Waals surface area contributed by atoms with Crippen molar-refractivity contribution in [2.45, 2.75) is 0 Å². The molecule has 0 N–H and O–H groups in total. The zero-order valence-electron chi connectivity index (χ0n) is 10.4. The minimum atomic E-state index is 0.653. The fraction of sp³-hybridized carbons (Fsp3) is 0. The van der Waals surface area contributed by atoms with Crippen molar-refractivity contribution in [1.82, 2.24) is 19.6 Å². The van der Waals surface area contributed by atoms with Gasteiger partial charge in [-0.25, -0.2) is 0 Å². The Labute approximate surface area is 119 Å². The van der Waals surface area contributed by atoms with E-state index in [0.29, 0.717) is 5.02 Å². The fourth-order valence-electron chi connectivity index (χ4n) is 2.37. The number of halogens is 1. The van der Waals surface area contributed by atoms with Gasteiger partial charge in [-0.05, 0) is 23.6 Å². The lowest BCUT2D eigenvalue weighted by Crippen LogP contribution is -1.90. The molecule has 0 saturated carbocycles. The molecule has 0 unspecified atom stereocenters. The molecule has 1 aromatic carbocycles. The number of nitrogens with zero attached hydrogens (tertiary/aromatic N) is 4. The van der Waals surface area contributed by atoms with Gasteiger partial charge in [-0.3, -0.25) is 9.38 Å². The molecule has 4 aromatic rings. The maximum atomic E-state index is 6.07. The van der Waals surface area contributed by atoms with Crippen LogP contribution in [0.1, 0.15) is 0 Å². The Bertz CT molecular complexity index is 924. The van der Waals surface area contributed by atoms with Crippen molar-refractivity contribution in [2.75, 3.05) is 0 Å². The van der Waals surface area contributed by atoms with E-state index in [1.807, 2.05) is 53.2 Å². The highest BCUT2D eigenvalue weighted by molar-refractivity contribution is 6.30. The van der Waals surface area contributed by atoms with Gasteiger partial charge in [0, 0.05) is 29.5 Å². The van der Waals surface area contributed by atoms with E-state index in [0.717, 1.165) is 27.8 Å². The zero-order chi connectivity index (χ0) is 13.5. The van der Waals surface area contributed by atoms with Gasteiger partial charge in [0.25, 0.3) is 0 Å². The molecular weight excluding hydrogens is 272 g/mol. The van der Waals surface area contributed by atoms with Crippen molar-refractivity contribution in [3.05, 3.63) is 60.0 Å². The van der Waals surface area contributed by atoms with Crippen molar-refractivity contribution >= 4 is 28.0 Å². The Morgan fingerprint density at radius 2 is 1.95 bits per heavy atom. The Morgan fingerprint density at radius 1 is 1.00 bits per heavy atom. The van der Waals surface area contributed by atoms with Crippen LogP contribution in [0.25, 0.3) is 27.8 Å². The molecule has 96 valence electrons. The van der Waals surface area contributed by atoms with E-state index in [-0.39, 0.29) is 0 Å². The molecule has 4 rings (SSSR count). The summed E-state index contributed by atoms with van der Waals surface area (Å²) in [6.07, 6.45) is 5.45. The van der Waals surface area contributed by atoms with E-state index in [4.69, 9.17) is 11.6 Å². The monoisotopic (exact) mass is 280 g/mol. The largest absolute Gasteiger partial charge is 0.281 e. The molecule has 0 radical (unpaired) electrons. The molecule has 20 heavy (non-hydrogen) atoms. The number of hydrogen-bond acceptors (Lipinski definition) is 3. The molecule has 0 aliphatic carbocycles. The molecule has 0 aliphatic heterocycles. The van der Waals surface area contributed by atoms with Gasteiger partial charge in [-0.1, -0.05) is 29.8 Å². The predicted molar refractivity (Wildman–Crippen MR) is 78.7 cm³/mol. The molecule has 0 saturated heterocycles. The molecule has 3 aromatic heterocycles. The van der Waals surface area contributed by atoms with Crippen LogP contribution < -0.4 is 0 Å². The number of pyridine rings is 2. The fourth-order valence-corrected chi connectivity index (χ4v) is 2.53. The average Bonchev–Trinajstić information content (AvgIpc) is 2.89. The van der Waals surface area contributed by atoms with Crippen LogP contribution in [0.15, 0.2) is 55.0 Å². The normalized spacial score (nSPS) is 11.2. The van der Waals surface area contributed by atoms with Crippen LogP contribution in [0.5, 0.6) is 0 Å². The van der Waals surface area contributed by atoms with Crippen molar-refractivity contribution in [3.8, 4) is 11.4 Å². The maximum absolute atomic E-state index is 6.07. The molecule has 0 fully saturated rings. The van der Waals surface area contributed by atoms with Crippen molar-refractivity contribution in [2.24, 2.45) is 0 Å². The molecular formula is C15H9ClN4. The first-order valence-corrected chi connectivity index (χ1v) is 6.54. The van der Waals surface area contributed by atoms with Gasteiger partial charge < -0.3 is 0 Å². The second-order valence-electron chi connectivity index (χ2n) is 4.50. The standard InChI is InChI=1S/C15H9ClN4/c16-11-4-5-14-18-19-15(20(14)9-11)13-3-1-2-10-8-17-7-6-12(10)13/h1-9H. The number of benzene rings is 1. The van der Waals surface area contributed by atoms with Crippen LogP contribution in [0.2, 0.25) is 5.02 Å². The van der Waals surface area contributed by atoms with Crippen LogP contribution in [0.4, 0.5) is 0 Å². The first kappa shape index (κ1) is 11.4. The van der Waals surface area contributed by atoms with E-state index in [1.165, 1.54) is 0 Å². The maximum Gasteiger partial charge on any atom is 0.169 e. The van der Waals surface area contributed by atoms with Crippen LogP contribution in [-0.2, 0) is 0 Å². The van der Waals surface area contributed by atoms with Gasteiger partial charge >= 0.3 is 0 Å². The lowest BCUT2D eigenvalue weighted by atomic mass is 10.1. The van der Waals surface area contributed by atoms with Gasteiger partial charge in [-0.2, -0.15) is 0 Å². The van der Waals surface area contributed by atoms with Crippen molar-refractivity contribution < 1.29 is 0 Å². The van der Waals surface area contributed by atoms with E-state index in [2.05, 4.69) is 15.2 Å². The molecule has 0 aliphatic rings. The number of fused-ring (bicyclic) bond motifs is 2. The summed E-state index contributed by atoms with van der Waals surface area (Å²) in [4.78, 5) is 4.15. The quantitative estimate of drug-likeness (QED) is 0.535. The molecule has 0 spiro atoms. The lowest BCUT2D eigenvalue weighted by molar-refractivity contribution is 1.11. The lowest BCUT2D eigenvalue weighted by Gasteiger charge is -2.04. The summed E-state index contributed by atoms with van der Waals surface area (Å²) >= 11 is 6.07. The average molecular weight is 281 g/mol. The third-order valence-corrected chi connectivity index (χ3v) is 3.51. The Morgan fingerprint density at radius 3 is 2.90 bits per heavy atom. The van der Waals surface area contributed by atoms with Gasteiger partial charge in [0.2, 0.25) is 0 Å². The van der Waals surface area contributed by atoms with Gasteiger partial charge in [0.05, 0.1) is 5.02 Å². The van der Waals surface area contributed by atoms with Gasteiger partial charge in [0.15, 0.2) is 11.5 Å². The van der Waals surface area contributed by atoms with E-state index in [9.17, 15) is 0 Å². The molecule has 5 heteroatoms. The topological polar surface area (TPSA) is 43.1 Å². The second kappa shape index (κ2) is 4.28. The van der Waals surface area contributed by atoms with Crippen LogP contribution in [0.3, 0.4) is 0 Å². The predicted octanol–water partition coefficient (Wildman–Crippen LogP) is 3.60. The zero-order valence-corrected chi connectivity index (χ0v) is 11.1. The first-order valence-electron chi connectivity index (χ1n) is 6.16. The highest BCUT2D eigenvalue weighted by atomic mass is 35.5. The van der Waals surface area contributed by atoms with Gasteiger partial charge in [-0.15, -0.1) is 10.2 Å². The van der Waals surface area contributed by atoms with Crippen molar-refractivity contribution in [3.63, 3.8) is 0 Å². The Kier molecular flexibility index (Phi) is 2.44. The number of hydrogen-bond donors (Lipinski definition) is 0.